The molecule has 26 heavy (non-hydrogen) atoms. The second kappa shape index (κ2) is 6.76. The molecule has 1 amide bonds. The molecule has 2 aromatic carbocycles. The van der Waals surface area contributed by atoms with E-state index in [4.69, 9.17) is 0 Å². The molecule has 2 N–H and O–H groups in total. The second-order valence-corrected chi connectivity index (χ2v) is 8.61. The van der Waals surface area contributed by atoms with Crippen LogP contribution >= 0.6 is 0 Å². The molecule has 0 heterocycles. The zero-order chi connectivity index (χ0) is 19.1. The van der Waals surface area contributed by atoms with Gasteiger partial charge in [0, 0.05) is 6.04 Å². The molecule has 3 rings (SSSR count). The van der Waals surface area contributed by atoms with Gasteiger partial charge in [-0.15, -0.1) is 0 Å². The Morgan fingerprint density at radius 2 is 1.58 bits per heavy atom. The SMILES string of the molecule is Cc1cc(C)c(C)c(S(=O)(=O)Nc2ccccc2C(=O)NC2CC2)c1C. The predicted octanol–water partition coefficient (Wildman–Crippen LogP) is 3.61. The number of para-hydroxylation sites is 1. The Hall–Kier alpha value is -2.34. The lowest BCUT2D eigenvalue weighted by Gasteiger charge is -2.18. The number of amides is 1. The summed E-state index contributed by atoms with van der Waals surface area (Å²) in [6.45, 7) is 7.42. The zero-order valence-electron chi connectivity index (χ0n) is 15.5. The van der Waals surface area contributed by atoms with Crippen LogP contribution in [0.1, 0.15) is 45.5 Å². The molecule has 0 unspecified atom stereocenters. The van der Waals surface area contributed by atoms with Gasteiger partial charge in [-0.3, -0.25) is 9.52 Å². The van der Waals surface area contributed by atoms with Crippen LogP contribution in [0.25, 0.3) is 0 Å². The number of sulfonamides is 1. The molecule has 1 saturated carbocycles. The van der Waals surface area contributed by atoms with E-state index in [0.29, 0.717) is 11.3 Å². The van der Waals surface area contributed by atoms with Gasteiger partial charge >= 0.3 is 0 Å². The minimum atomic E-state index is -3.82. The molecule has 6 heteroatoms. The number of hydrogen-bond acceptors (Lipinski definition) is 3. The highest BCUT2D eigenvalue weighted by Crippen LogP contribution is 2.29. The van der Waals surface area contributed by atoms with Gasteiger partial charge in [-0.2, -0.15) is 0 Å². The summed E-state index contributed by atoms with van der Waals surface area (Å²) in [5, 5.41) is 2.90. The van der Waals surface area contributed by atoms with E-state index in [2.05, 4.69) is 10.0 Å². The second-order valence-electron chi connectivity index (χ2n) is 6.99. The van der Waals surface area contributed by atoms with Crippen LogP contribution in [-0.4, -0.2) is 20.4 Å². The first-order chi connectivity index (χ1) is 12.2. The van der Waals surface area contributed by atoms with Gasteiger partial charge < -0.3 is 5.32 Å². The van der Waals surface area contributed by atoms with Crippen LogP contribution in [0.4, 0.5) is 5.69 Å². The van der Waals surface area contributed by atoms with Crippen LogP contribution in [-0.2, 0) is 10.0 Å². The van der Waals surface area contributed by atoms with Crippen molar-refractivity contribution in [2.45, 2.75) is 51.5 Å². The molecule has 0 aliphatic heterocycles. The van der Waals surface area contributed by atoms with E-state index in [-0.39, 0.29) is 16.8 Å². The molecule has 1 aliphatic rings. The first kappa shape index (κ1) is 18.5. The van der Waals surface area contributed by atoms with E-state index < -0.39 is 10.0 Å². The highest BCUT2D eigenvalue weighted by molar-refractivity contribution is 7.92. The van der Waals surface area contributed by atoms with E-state index >= 15 is 0 Å². The minimum absolute atomic E-state index is 0.205. The standard InChI is InChI=1S/C20H24N2O3S/c1-12-11-13(2)15(4)19(14(12)3)26(24,25)22-18-8-6-5-7-17(18)20(23)21-16-9-10-16/h5-8,11,16,22H,9-10H2,1-4H3,(H,21,23). The Balaban J connectivity index is 2.00. The summed E-state index contributed by atoms with van der Waals surface area (Å²) in [5.74, 6) is -0.250. The third-order valence-electron chi connectivity index (χ3n) is 4.89. The van der Waals surface area contributed by atoms with E-state index in [1.54, 1.807) is 24.3 Å². The van der Waals surface area contributed by atoms with Gasteiger partial charge in [0.15, 0.2) is 0 Å². The van der Waals surface area contributed by atoms with E-state index in [0.717, 1.165) is 35.1 Å². The van der Waals surface area contributed by atoms with Crippen LogP contribution in [0, 0.1) is 27.7 Å². The van der Waals surface area contributed by atoms with Crippen LogP contribution < -0.4 is 10.0 Å². The summed E-state index contributed by atoms with van der Waals surface area (Å²) in [7, 11) is -3.82. The monoisotopic (exact) mass is 372 g/mol. The Morgan fingerprint density at radius 3 is 2.15 bits per heavy atom. The van der Waals surface area contributed by atoms with Gasteiger partial charge in [0.05, 0.1) is 16.1 Å². The van der Waals surface area contributed by atoms with E-state index in [9.17, 15) is 13.2 Å². The van der Waals surface area contributed by atoms with Crippen LogP contribution in [0.3, 0.4) is 0 Å². The Bertz CT molecular complexity index is 951. The molecule has 138 valence electrons. The lowest BCUT2D eigenvalue weighted by Crippen LogP contribution is -2.27. The number of carbonyl (C=O) groups excluding carboxylic acids is 1. The highest BCUT2D eigenvalue weighted by atomic mass is 32.2. The Kier molecular flexibility index (Phi) is 4.80. The molecule has 0 atom stereocenters. The van der Waals surface area contributed by atoms with Gasteiger partial charge in [0.1, 0.15) is 0 Å². The normalized spacial score (nSPS) is 14.2. The fourth-order valence-electron chi connectivity index (χ4n) is 3.04. The molecule has 5 nitrogen and oxygen atoms in total. The maximum Gasteiger partial charge on any atom is 0.262 e. The molecule has 0 saturated heterocycles. The fourth-order valence-corrected chi connectivity index (χ4v) is 4.74. The Morgan fingerprint density at radius 1 is 1.00 bits per heavy atom. The number of hydrogen-bond donors (Lipinski definition) is 2. The van der Waals surface area contributed by atoms with Gasteiger partial charge in [0.25, 0.3) is 15.9 Å². The molecular weight excluding hydrogens is 348 g/mol. The molecule has 1 aliphatic carbocycles. The van der Waals surface area contributed by atoms with Crippen molar-refractivity contribution < 1.29 is 13.2 Å². The summed E-state index contributed by atoms with van der Waals surface area (Å²) in [6, 6.07) is 8.89. The highest BCUT2D eigenvalue weighted by Gasteiger charge is 2.27. The first-order valence-electron chi connectivity index (χ1n) is 8.71. The fraction of sp³-hybridized carbons (Fsp3) is 0.350. The van der Waals surface area contributed by atoms with E-state index in [1.165, 1.54) is 0 Å². The first-order valence-corrected chi connectivity index (χ1v) is 10.2. The summed E-state index contributed by atoms with van der Waals surface area (Å²) in [4.78, 5) is 12.7. The van der Waals surface area contributed by atoms with Crippen LogP contribution in [0.2, 0.25) is 0 Å². The summed E-state index contributed by atoms with van der Waals surface area (Å²) >= 11 is 0. The third kappa shape index (κ3) is 3.60. The van der Waals surface area contributed by atoms with Crippen molar-refractivity contribution in [2.75, 3.05) is 4.72 Å². The summed E-state index contributed by atoms with van der Waals surface area (Å²) in [6.07, 6.45) is 1.95. The van der Waals surface area contributed by atoms with Crippen molar-refractivity contribution in [1.29, 1.82) is 0 Å². The molecule has 0 aromatic heterocycles. The van der Waals surface area contributed by atoms with Crippen LogP contribution in [0.5, 0.6) is 0 Å². The average molecular weight is 372 g/mol. The van der Waals surface area contributed by atoms with Gasteiger partial charge in [-0.05, 0) is 74.9 Å². The quantitative estimate of drug-likeness (QED) is 0.842. The van der Waals surface area contributed by atoms with E-state index in [1.807, 2.05) is 33.8 Å². The van der Waals surface area contributed by atoms with Crippen LogP contribution in [0.15, 0.2) is 35.2 Å². The number of anilines is 1. The molecule has 2 aromatic rings. The zero-order valence-corrected chi connectivity index (χ0v) is 16.3. The smallest absolute Gasteiger partial charge is 0.262 e. The van der Waals surface area contributed by atoms with Gasteiger partial charge in [0.2, 0.25) is 0 Å². The number of carbonyl (C=O) groups is 1. The van der Waals surface area contributed by atoms with Crippen molar-refractivity contribution in [2.24, 2.45) is 0 Å². The number of nitrogens with one attached hydrogen (secondary N) is 2. The number of rotatable bonds is 5. The van der Waals surface area contributed by atoms with Crippen molar-refractivity contribution in [3.8, 4) is 0 Å². The number of aryl methyl sites for hydroxylation is 2. The average Bonchev–Trinajstić information content (AvgIpc) is 3.37. The molecular formula is C20H24N2O3S. The molecule has 0 spiro atoms. The topological polar surface area (TPSA) is 75.3 Å². The van der Waals surface area contributed by atoms with Gasteiger partial charge in [-0.25, -0.2) is 8.42 Å². The molecule has 0 bridgehead atoms. The van der Waals surface area contributed by atoms with Crippen molar-refractivity contribution in [1.82, 2.24) is 5.32 Å². The minimum Gasteiger partial charge on any atom is -0.349 e. The Labute approximate surface area is 154 Å². The third-order valence-corrected chi connectivity index (χ3v) is 6.53. The largest absolute Gasteiger partial charge is 0.349 e. The lowest BCUT2D eigenvalue weighted by atomic mass is 10.0. The summed E-state index contributed by atoms with van der Waals surface area (Å²) < 4.78 is 28.9. The predicted molar refractivity (Wildman–Crippen MR) is 103 cm³/mol. The maximum atomic E-state index is 13.1. The molecule has 0 radical (unpaired) electrons. The summed E-state index contributed by atoms with van der Waals surface area (Å²) in [5.41, 5.74) is 3.92. The number of benzene rings is 2. The lowest BCUT2D eigenvalue weighted by molar-refractivity contribution is 0.0952. The van der Waals surface area contributed by atoms with Crippen molar-refractivity contribution in [3.63, 3.8) is 0 Å². The van der Waals surface area contributed by atoms with Crippen molar-refractivity contribution in [3.05, 3.63) is 58.1 Å². The maximum absolute atomic E-state index is 13.1. The van der Waals surface area contributed by atoms with Gasteiger partial charge in [-0.1, -0.05) is 18.2 Å². The molecule has 1 fully saturated rings. The van der Waals surface area contributed by atoms with Crippen molar-refractivity contribution >= 4 is 21.6 Å².